The van der Waals surface area contributed by atoms with Crippen molar-refractivity contribution < 1.29 is 19.1 Å². The standard InChI is InChI=1S/C24H24FN3O3/c25-18-9-6-15(7-10-18)14-28-20-11-8-17(24(30)31)13-19(20)26-22(28)21-5-2-12-27(21)23(29)16-3-1-4-16/h6-11,13,16,21H,1-5,12,14H2,(H,30,31)/t21-/m0/s1. The second-order valence-corrected chi connectivity index (χ2v) is 8.51. The monoisotopic (exact) mass is 421 g/mol. The summed E-state index contributed by atoms with van der Waals surface area (Å²) < 4.78 is 15.4. The smallest absolute Gasteiger partial charge is 0.335 e. The first-order valence-electron chi connectivity index (χ1n) is 10.8. The predicted molar refractivity (Wildman–Crippen MR) is 113 cm³/mol. The quantitative estimate of drug-likeness (QED) is 0.663. The average molecular weight is 421 g/mol. The molecule has 3 aromatic rings. The third-order valence-corrected chi connectivity index (χ3v) is 6.57. The summed E-state index contributed by atoms with van der Waals surface area (Å²) in [6, 6.07) is 11.1. The number of aromatic nitrogens is 2. The molecule has 31 heavy (non-hydrogen) atoms. The maximum absolute atomic E-state index is 13.4. The number of fused-ring (bicyclic) bond motifs is 1. The lowest BCUT2D eigenvalue weighted by atomic mass is 9.84. The third kappa shape index (κ3) is 3.58. The minimum Gasteiger partial charge on any atom is -0.478 e. The number of imidazole rings is 1. The van der Waals surface area contributed by atoms with Crippen LogP contribution in [0.25, 0.3) is 11.0 Å². The van der Waals surface area contributed by atoms with Gasteiger partial charge in [-0.2, -0.15) is 0 Å². The lowest BCUT2D eigenvalue weighted by molar-refractivity contribution is -0.139. The van der Waals surface area contributed by atoms with Crippen LogP contribution in [0.5, 0.6) is 0 Å². The van der Waals surface area contributed by atoms with Crippen molar-refractivity contribution in [1.29, 1.82) is 0 Å². The van der Waals surface area contributed by atoms with Gasteiger partial charge >= 0.3 is 5.97 Å². The molecule has 6 nitrogen and oxygen atoms in total. The van der Waals surface area contributed by atoms with Gasteiger partial charge < -0.3 is 14.6 Å². The minimum absolute atomic E-state index is 0.120. The average Bonchev–Trinajstić information content (AvgIpc) is 3.32. The largest absolute Gasteiger partial charge is 0.478 e. The molecule has 1 saturated carbocycles. The summed E-state index contributed by atoms with van der Waals surface area (Å²) in [5.74, 6) is -0.195. The van der Waals surface area contributed by atoms with Gasteiger partial charge in [0.05, 0.1) is 22.6 Å². The van der Waals surface area contributed by atoms with Crippen molar-refractivity contribution in [2.75, 3.05) is 6.54 Å². The third-order valence-electron chi connectivity index (χ3n) is 6.57. The van der Waals surface area contributed by atoms with E-state index in [4.69, 9.17) is 4.98 Å². The van der Waals surface area contributed by atoms with Crippen LogP contribution in [0.15, 0.2) is 42.5 Å². The highest BCUT2D eigenvalue weighted by molar-refractivity contribution is 5.92. The summed E-state index contributed by atoms with van der Waals surface area (Å²) in [4.78, 5) is 31.3. The van der Waals surface area contributed by atoms with Gasteiger partial charge in [-0.15, -0.1) is 0 Å². The van der Waals surface area contributed by atoms with E-state index >= 15 is 0 Å². The number of amides is 1. The molecule has 1 saturated heterocycles. The van der Waals surface area contributed by atoms with Crippen LogP contribution in [0.3, 0.4) is 0 Å². The number of likely N-dealkylation sites (tertiary alicyclic amines) is 1. The van der Waals surface area contributed by atoms with Gasteiger partial charge in [0.2, 0.25) is 5.91 Å². The molecule has 160 valence electrons. The van der Waals surface area contributed by atoms with Gasteiger partial charge in [0.1, 0.15) is 11.6 Å². The molecule has 0 bridgehead atoms. The molecule has 1 aliphatic heterocycles. The summed E-state index contributed by atoms with van der Waals surface area (Å²) in [5, 5.41) is 9.38. The number of carboxylic acids is 1. The fourth-order valence-electron chi connectivity index (χ4n) is 4.66. The van der Waals surface area contributed by atoms with Crippen molar-refractivity contribution in [2.24, 2.45) is 5.92 Å². The number of nitrogens with zero attached hydrogens (tertiary/aromatic N) is 3. The van der Waals surface area contributed by atoms with Gasteiger partial charge in [0.15, 0.2) is 0 Å². The van der Waals surface area contributed by atoms with Gasteiger partial charge in [-0.25, -0.2) is 14.2 Å². The summed E-state index contributed by atoms with van der Waals surface area (Å²) >= 11 is 0. The Bertz CT molecular complexity index is 1150. The van der Waals surface area contributed by atoms with E-state index in [1.54, 1.807) is 30.3 Å². The highest BCUT2D eigenvalue weighted by Gasteiger charge is 2.38. The maximum atomic E-state index is 13.4. The Morgan fingerprint density at radius 1 is 1.06 bits per heavy atom. The zero-order valence-corrected chi connectivity index (χ0v) is 17.1. The Morgan fingerprint density at radius 3 is 2.52 bits per heavy atom. The topological polar surface area (TPSA) is 75.4 Å². The Labute approximate surface area is 179 Å². The summed E-state index contributed by atoms with van der Waals surface area (Å²) in [6.07, 6.45) is 4.77. The van der Waals surface area contributed by atoms with Crippen LogP contribution in [0, 0.1) is 11.7 Å². The van der Waals surface area contributed by atoms with E-state index in [1.165, 1.54) is 12.1 Å². The van der Waals surface area contributed by atoms with Crippen LogP contribution >= 0.6 is 0 Å². The molecule has 5 rings (SSSR count). The Balaban J connectivity index is 1.58. The van der Waals surface area contributed by atoms with Crippen LogP contribution in [0.2, 0.25) is 0 Å². The number of carbonyl (C=O) groups excluding carboxylic acids is 1. The molecule has 1 amide bonds. The Hall–Kier alpha value is -3.22. The predicted octanol–water partition coefficient (Wildman–Crippen LogP) is 4.39. The first-order valence-corrected chi connectivity index (χ1v) is 10.8. The van der Waals surface area contributed by atoms with Gasteiger partial charge in [-0.3, -0.25) is 4.79 Å². The molecular formula is C24H24FN3O3. The Kier molecular flexibility index (Phi) is 4.96. The molecule has 2 aliphatic rings. The van der Waals surface area contributed by atoms with E-state index in [9.17, 15) is 19.1 Å². The summed E-state index contributed by atoms with van der Waals surface area (Å²) in [6.45, 7) is 1.20. The van der Waals surface area contributed by atoms with Crippen LogP contribution in [-0.2, 0) is 11.3 Å². The molecule has 1 aromatic heterocycles. The first kappa shape index (κ1) is 19.7. The Morgan fingerprint density at radius 2 is 1.84 bits per heavy atom. The number of rotatable bonds is 5. The van der Waals surface area contributed by atoms with Crippen molar-refractivity contribution in [2.45, 2.75) is 44.7 Å². The van der Waals surface area contributed by atoms with Crippen molar-refractivity contribution in [3.8, 4) is 0 Å². The lowest BCUT2D eigenvalue weighted by Crippen LogP contribution is -2.39. The number of halogens is 1. The van der Waals surface area contributed by atoms with E-state index in [0.717, 1.165) is 55.6 Å². The molecule has 7 heteroatoms. The highest BCUT2D eigenvalue weighted by atomic mass is 19.1. The van der Waals surface area contributed by atoms with Crippen molar-refractivity contribution in [3.05, 3.63) is 65.2 Å². The molecule has 1 N–H and O–H groups in total. The zero-order valence-electron chi connectivity index (χ0n) is 17.1. The SMILES string of the molecule is O=C(O)c1ccc2c(c1)nc([C@@H]1CCCN1C(=O)C1CCC1)n2Cc1ccc(F)cc1. The maximum Gasteiger partial charge on any atom is 0.335 e. The van der Waals surface area contributed by atoms with Crippen LogP contribution < -0.4 is 0 Å². The number of aromatic carboxylic acids is 1. The number of hydrogen-bond donors (Lipinski definition) is 1. The zero-order chi connectivity index (χ0) is 21.5. The molecule has 2 aromatic carbocycles. The molecule has 0 unspecified atom stereocenters. The molecular weight excluding hydrogens is 397 g/mol. The minimum atomic E-state index is -1.00. The summed E-state index contributed by atoms with van der Waals surface area (Å²) in [7, 11) is 0. The van der Waals surface area contributed by atoms with Gasteiger partial charge in [-0.1, -0.05) is 18.6 Å². The lowest BCUT2D eigenvalue weighted by Gasteiger charge is -2.32. The number of benzene rings is 2. The summed E-state index contributed by atoms with van der Waals surface area (Å²) in [5.41, 5.74) is 2.51. The van der Waals surface area contributed by atoms with Crippen molar-refractivity contribution in [1.82, 2.24) is 14.5 Å². The number of hydrogen-bond acceptors (Lipinski definition) is 3. The van der Waals surface area contributed by atoms with Crippen LogP contribution in [0.1, 0.15) is 59.9 Å². The number of carbonyl (C=O) groups is 2. The van der Waals surface area contributed by atoms with E-state index in [-0.39, 0.29) is 29.2 Å². The number of carboxylic acid groups (broad SMARTS) is 1. The van der Waals surface area contributed by atoms with Crippen LogP contribution in [0.4, 0.5) is 4.39 Å². The highest BCUT2D eigenvalue weighted by Crippen LogP contribution is 2.38. The molecule has 2 fully saturated rings. The van der Waals surface area contributed by atoms with Crippen molar-refractivity contribution >= 4 is 22.9 Å². The van der Waals surface area contributed by atoms with Gasteiger partial charge in [0, 0.05) is 19.0 Å². The molecule has 1 aliphatic carbocycles. The van der Waals surface area contributed by atoms with Crippen molar-refractivity contribution in [3.63, 3.8) is 0 Å². The normalized spacial score (nSPS) is 19.0. The first-order chi connectivity index (χ1) is 15.0. The van der Waals surface area contributed by atoms with E-state index in [2.05, 4.69) is 0 Å². The molecule has 1 atom stereocenters. The molecule has 0 radical (unpaired) electrons. The second-order valence-electron chi connectivity index (χ2n) is 8.51. The molecule has 2 heterocycles. The van der Waals surface area contributed by atoms with Gasteiger partial charge in [0.25, 0.3) is 0 Å². The van der Waals surface area contributed by atoms with E-state index < -0.39 is 5.97 Å². The second kappa shape index (κ2) is 7.80. The fraction of sp³-hybridized carbons (Fsp3) is 0.375. The van der Waals surface area contributed by atoms with E-state index in [0.29, 0.717) is 12.1 Å². The van der Waals surface area contributed by atoms with Crippen LogP contribution in [-0.4, -0.2) is 38.0 Å². The fourth-order valence-corrected chi connectivity index (χ4v) is 4.66. The molecule has 0 spiro atoms. The van der Waals surface area contributed by atoms with E-state index in [1.807, 2.05) is 9.47 Å². The van der Waals surface area contributed by atoms with Gasteiger partial charge in [-0.05, 0) is 61.6 Å².